The maximum atomic E-state index is 13.6. The Morgan fingerprint density at radius 1 is 1.03 bits per heavy atom. The molecule has 1 atom stereocenters. The van der Waals surface area contributed by atoms with Crippen LogP contribution in [0, 0.1) is 5.82 Å². The number of carbonyl (C=O) groups is 2. The van der Waals surface area contributed by atoms with Crippen LogP contribution >= 0.6 is 11.3 Å². The van der Waals surface area contributed by atoms with E-state index < -0.39 is 0 Å². The summed E-state index contributed by atoms with van der Waals surface area (Å²) in [4.78, 5) is 27.4. The van der Waals surface area contributed by atoms with Crippen LogP contribution in [-0.2, 0) is 13.0 Å². The Bertz CT molecular complexity index is 1050. The van der Waals surface area contributed by atoms with Gasteiger partial charge in [0.05, 0.1) is 4.88 Å². The zero-order chi connectivity index (χ0) is 20.4. The molecule has 2 heterocycles. The molecule has 29 heavy (non-hydrogen) atoms. The summed E-state index contributed by atoms with van der Waals surface area (Å²) in [5.74, 6) is -0.486. The summed E-state index contributed by atoms with van der Waals surface area (Å²) >= 11 is 1.36. The quantitative estimate of drug-likeness (QED) is 0.631. The second kappa shape index (κ2) is 8.05. The Hall–Kier alpha value is -3.19. The van der Waals surface area contributed by atoms with E-state index in [1.54, 1.807) is 41.3 Å². The molecule has 4 rings (SSSR count). The Morgan fingerprint density at radius 3 is 2.59 bits per heavy atom. The van der Waals surface area contributed by atoms with Crippen LogP contribution < -0.4 is 10.6 Å². The van der Waals surface area contributed by atoms with Gasteiger partial charge in [-0.3, -0.25) is 4.79 Å². The summed E-state index contributed by atoms with van der Waals surface area (Å²) in [6.45, 7) is 2.33. The van der Waals surface area contributed by atoms with Crippen molar-refractivity contribution in [1.29, 1.82) is 0 Å². The monoisotopic (exact) mass is 409 g/mol. The van der Waals surface area contributed by atoms with E-state index in [0.717, 1.165) is 11.1 Å². The van der Waals surface area contributed by atoms with Crippen LogP contribution in [0.1, 0.15) is 27.7 Å². The molecule has 3 amide bonds. The first-order valence-electron chi connectivity index (χ1n) is 9.29. The van der Waals surface area contributed by atoms with E-state index >= 15 is 0 Å². The highest BCUT2D eigenvalue weighted by Crippen LogP contribution is 2.25. The van der Waals surface area contributed by atoms with Crippen molar-refractivity contribution in [2.45, 2.75) is 25.9 Å². The summed E-state index contributed by atoms with van der Waals surface area (Å²) in [7, 11) is 0. The number of benzene rings is 2. The van der Waals surface area contributed by atoms with E-state index in [-0.39, 0.29) is 23.8 Å². The molecule has 0 saturated carbocycles. The number of anilines is 2. The second-order valence-electron chi connectivity index (χ2n) is 7.04. The molecule has 2 aromatic carbocycles. The van der Waals surface area contributed by atoms with Gasteiger partial charge in [-0.15, -0.1) is 11.3 Å². The number of halogens is 1. The number of fused-ring (bicyclic) bond motifs is 1. The lowest BCUT2D eigenvalue weighted by Crippen LogP contribution is -2.44. The van der Waals surface area contributed by atoms with Gasteiger partial charge in [-0.05, 0) is 66.2 Å². The molecule has 0 spiro atoms. The summed E-state index contributed by atoms with van der Waals surface area (Å²) in [5.41, 5.74) is 3.08. The maximum Gasteiger partial charge on any atom is 0.322 e. The number of hydrogen-bond donors (Lipinski definition) is 2. The van der Waals surface area contributed by atoms with Gasteiger partial charge in [0.2, 0.25) is 0 Å². The number of thiophene rings is 1. The van der Waals surface area contributed by atoms with Crippen molar-refractivity contribution < 1.29 is 14.0 Å². The lowest BCUT2D eigenvalue weighted by atomic mass is 9.95. The van der Waals surface area contributed by atoms with Crippen LogP contribution in [0.4, 0.5) is 20.6 Å². The standard InChI is InChI=1S/C22H20FN3O2S/c1-14-10-15-7-8-17(23)11-16(15)13-26(14)22(28)25-19-5-2-4-18(12-19)24-21(27)20-6-3-9-29-20/h2-9,11-12,14H,10,13H2,1H3,(H,24,27)(H,25,28). The fraction of sp³-hybridized carbons (Fsp3) is 0.182. The predicted molar refractivity (Wildman–Crippen MR) is 113 cm³/mol. The summed E-state index contributed by atoms with van der Waals surface area (Å²) in [6.07, 6.45) is 0.681. The summed E-state index contributed by atoms with van der Waals surface area (Å²) in [6, 6.07) is 15.1. The smallest absolute Gasteiger partial charge is 0.321 e. The highest BCUT2D eigenvalue weighted by atomic mass is 32.1. The van der Waals surface area contributed by atoms with Crippen molar-refractivity contribution in [3.8, 4) is 0 Å². The van der Waals surface area contributed by atoms with Gasteiger partial charge in [0.1, 0.15) is 5.82 Å². The average Bonchev–Trinajstić information content (AvgIpc) is 3.23. The van der Waals surface area contributed by atoms with Gasteiger partial charge >= 0.3 is 6.03 Å². The molecule has 7 heteroatoms. The van der Waals surface area contributed by atoms with Gasteiger partial charge in [-0.25, -0.2) is 9.18 Å². The molecule has 0 fully saturated rings. The van der Waals surface area contributed by atoms with Crippen molar-refractivity contribution in [3.63, 3.8) is 0 Å². The molecule has 148 valence electrons. The minimum Gasteiger partial charge on any atom is -0.321 e. The molecule has 0 saturated heterocycles. The van der Waals surface area contributed by atoms with Gasteiger partial charge in [0.25, 0.3) is 5.91 Å². The number of rotatable bonds is 3. The fourth-order valence-corrected chi connectivity index (χ4v) is 4.07. The molecule has 5 nitrogen and oxygen atoms in total. The van der Waals surface area contributed by atoms with E-state index in [4.69, 9.17) is 0 Å². The molecule has 0 aliphatic carbocycles. The predicted octanol–water partition coefficient (Wildman–Crippen LogP) is 5.12. The highest BCUT2D eigenvalue weighted by molar-refractivity contribution is 7.12. The van der Waals surface area contributed by atoms with Gasteiger partial charge < -0.3 is 15.5 Å². The van der Waals surface area contributed by atoms with Crippen LogP contribution in [0.2, 0.25) is 0 Å². The zero-order valence-corrected chi connectivity index (χ0v) is 16.6. The Morgan fingerprint density at radius 2 is 1.83 bits per heavy atom. The van der Waals surface area contributed by atoms with E-state index in [0.29, 0.717) is 29.2 Å². The van der Waals surface area contributed by atoms with Crippen molar-refractivity contribution in [1.82, 2.24) is 4.90 Å². The first-order valence-corrected chi connectivity index (χ1v) is 10.2. The first kappa shape index (κ1) is 19.1. The van der Waals surface area contributed by atoms with E-state index in [2.05, 4.69) is 10.6 Å². The lowest BCUT2D eigenvalue weighted by Gasteiger charge is -2.35. The van der Waals surface area contributed by atoms with E-state index in [9.17, 15) is 14.0 Å². The molecule has 3 aromatic rings. The molecular formula is C22H20FN3O2S. The summed E-state index contributed by atoms with van der Waals surface area (Å²) in [5, 5.41) is 7.55. The van der Waals surface area contributed by atoms with Crippen molar-refractivity contribution in [2.75, 3.05) is 10.6 Å². The maximum absolute atomic E-state index is 13.6. The van der Waals surface area contributed by atoms with Crippen LogP contribution in [-0.4, -0.2) is 22.9 Å². The van der Waals surface area contributed by atoms with Gasteiger partial charge in [0, 0.05) is 24.0 Å². The lowest BCUT2D eigenvalue weighted by molar-refractivity contribution is 0.103. The summed E-state index contributed by atoms with van der Waals surface area (Å²) < 4.78 is 13.6. The molecule has 1 aliphatic heterocycles. The second-order valence-corrected chi connectivity index (χ2v) is 7.98. The number of carbonyl (C=O) groups excluding carboxylic acids is 2. The highest BCUT2D eigenvalue weighted by Gasteiger charge is 2.27. The molecule has 0 radical (unpaired) electrons. The van der Waals surface area contributed by atoms with Gasteiger partial charge in [0.15, 0.2) is 0 Å². The number of nitrogens with one attached hydrogen (secondary N) is 2. The third-order valence-corrected chi connectivity index (χ3v) is 5.80. The minimum absolute atomic E-state index is 0.00493. The van der Waals surface area contributed by atoms with Crippen LogP contribution in [0.5, 0.6) is 0 Å². The Labute approximate surface area is 172 Å². The fourth-order valence-electron chi connectivity index (χ4n) is 3.45. The molecule has 1 aliphatic rings. The van der Waals surface area contributed by atoms with Crippen LogP contribution in [0.3, 0.4) is 0 Å². The molecular weight excluding hydrogens is 389 g/mol. The Kier molecular flexibility index (Phi) is 5.31. The average molecular weight is 409 g/mol. The van der Waals surface area contributed by atoms with Crippen molar-refractivity contribution in [2.24, 2.45) is 0 Å². The van der Waals surface area contributed by atoms with E-state index in [1.807, 2.05) is 18.4 Å². The first-order chi connectivity index (χ1) is 14.0. The van der Waals surface area contributed by atoms with Crippen LogP contribution in [0.15, 0.2) is 60.0 Å². The Balaban J connectivity index is 1.45. The molecule has 2 N–H and O–H groups in total. The van der Waals surface area contributed by atoms with Crippen LogP contribution in [0.25, 0.3) is 0 Å². The normalized spacial score (nSPS) is 15.5. The number of amides is 3. The number of nitrogens with zero attached hydrogens (tertiary/aromatic N) is 1. The molecule has 1 aromatic heterocycles. The number of hydrogen-bond acceptors (Lipinski definition) is 3. The number of urea groups is 1. The van der Waals surface area contributed by atoms with Gasteiger partial charge in [-0.1, -0.05) is 18.2 Å². The van der Waals surface area contributed by atoms with Gasteiger partial charge in [-0.2, -0.15) is 0 Å². The topological polar surface area (TPSA) is 61.4 Å². The SMILES string of the molecule is CC1Cc2ccc(F)cc2CN1C(=O)Nc1cccc(NC(=O)c2cccs2)c1. The largest absolute Gasteiger partial charge is 0.322 e. The van der Waals surface area contributed by atoms with E-state index in [1.165, 1.54) is 23.5 Å². The molecule has 1 unspecified atom stereocenters. The van der Waals surface area contributed by atoms with Crippen molar-refractivity contribution in [3.05, 3.63) is 81.8 Å². The third-order valence-electron chi connectivity index (χ3n) is 4.93. The zero-order valence-electron chi connectivity index (χ0n) is 15.8. The van der Waals surface area contributed by atoms with Crippen molar-refractivity contribution >= 4 is 34.6 Å². The molecule has 0 bridgehead atoms. The minimum atomic E-state index is -0.298. The third kappa shape index (κ3) is 4.30.